The Morgan fingerprint density at radius 1 is 1.45 bits per heavy atom. The Labute approximate surface area is 70.2 Å². The van der Waals surface area contributed by atoms with Crippen molar-refractivity contribution < 1.29 is 13.6 Å². The predicted molar refractivity (Wildman–Crippen MR) is 39.5 cm³/mol. The third-order valence-corrected chi connectivity index (χ3v) is 1.64. The minimum Gasteiger partial charge on any atom is -0.255 e. The van der Waals surface area contributed by atoms with Crippen LogP contribution in [0, 0.1) is 5.82 Å². The number of carbonyl (C=O) groups is 1. The molecular formula is C7H3BrF2O. The van der Waals surface area contributed by atoms with Gasteiger partial charge in [-0.05, 0) is 18.2 Å². The van der Waals surface area contributed by atoms with Crippen molar-refractivity contribution >= 4 is 22.0 Å². The molecule has 1 aromatic carbocycles. The Balaban J connectivity index is 3.20. The molecule has 0 heterocycles. The third kappa shape index (κ3) is 1.83. The van der Waals surface area contributed by atoms with E-state index >= 15 is 0 Å². The highest BCUT2D eigenvalue weighted by Gasteiger charge is 2.09. The van der Waals surface area contributed by atoms with E-state index in [-0.39, 0.29) is 0 Å². The second-order valence-corrected chi connectivity index (χ2v) is 2.81. The number of carbonyl (C=O) groups excluding carboxylic acids is 1. The lowest BCUT2D eigenvalue weighted by Crippen LogP contribution is -1.94. The average Bonchev–Trinajstić information content (AvgIpc) is 1.85. The molecule has 0 aliphatic rings. The molecule has 0 aliphatic heterocycles. The van der Waals surface area contributed by atoms with Gasteiger partial charge in [0, 0.05) is 4.47 Å². The van der Waals surface area contributed by atoms with Gasteiger partial charge in [-0.25, -0.2) is 4.39 Å². The predicted octanol–water partition coefficient (Wildman–Crippen LogP) is 2.70. The Bertz CT molecular complexity index is 298. The molecule has 1 aromatic rings. The highest BCUT2D eigenvalue weighted by molar-refractivity contribution is 9.10. The van der Waals surface area contributed by atoms with E-state index in [1.807, 2.05) is 0 Å². The number of hydrogen-bond donors (Lipinski definition) is 0. The summed E-state index contributed by atoms with van der Waals surface area (Å²) in [6, 6.07) is 1.76. The van der Waals surface area contributed by atoms with Gasteiger partial charge in [0.25, 0.3) is 0 Å². The van der Waals surface area contributed by atoms with Crippen molar-refractivity contribution in [2.24, 2.45) is 0 Å². The fourth-order valence-electron chi connectivity index (χ4n) is 0.649. The zero-order chi connectivity index (χ0) is 8.43. The van der Waals surface area contributed by atoms with Crippen molar-refractivity contribution in [1.82, 2.24) is 0 Å². The third-order valence-electron chi connectivity index (χ3n) is 1.14. The topological polar surface area (TPSA) is 17.1 Å². The maximum atomic E-state index is 12.6. The van der Waals surface area contributed by atoms with Crippen LogP contribution >= 0.6 is 15.9 Å². The lowest BCUT2D eigenvalue weighted by atomic mass is 10.2. The lowest BCUT2D eigenvalue weighted by molar-refractivity contribution is 0.0831. The summed E-state index contributed by atoms with van der Waals surface area (Å²) in [7, 11) is 0. The summed E-state index contributed by atoms with van der Waals surface area (Å²) in [5.41, 5.74) is -0.534. The molecule has 1 rings (SSSR count). The van der Waals surface area contributed by atoms with E-state index in [1.165, 1.54) is 6.07 Å². The Morgan fingerprint density at radius 2 is 2.09 bits per heavy atom. The molecule has 1 nitrogen and oxygen atoms in total. The normalized spacial score (nSPS) is 9.73. The van der Waals surface area contributed by atoms with Gasteiger partial charge in [-0.15, -0.1) is 0 Å². The molecule has 0 saturated heterocycles. The van der Waals surface area contributed by atoms with Gasteiger partial charge >= 0.3 is 6.04 Å². The van der Waals surface area contributed by atoms with Crippen LogP contribution < -0.4 is 0 Å². The summed E-state index contributed by atoms with van der Waals surface area (Å²) >= 11 is 2.97. The first-order valence-electron chi connectivity index (χ1n) is 2.76. The van der Waals surface area contributed by atoms with Crippen LogP contribution in [0.2, 0.25) is 0 Å². The van der Waals surface area contributed by atoms with Gasteiger partial charge in [-0.2, -0.15) is 4.39 Å². The molecule has 0 N–H and O–H groups in total. The Hall–Kier alpha value is -0.770. The minimum atomic E-state index is -1.75. The second-order valence-electron chi connectivity index (χ2n) is 1.90. The quantitative estimate of drug-likeness (QED) is 0.666. The maximum Gasteiger partial charge on any atom is 0.335 e. The Kier molecular flexibility index (Phi) is 2.34. The monoisotopic (exact) mass is 220 g/mol. The first-order valence-corrected chi connectivity index (χ1v) is 3.55. The van der Waals surface area contributed by atoms with Gasteiger partial charge in [0.15, 0.2) is 0 Å². The average molecular weight is 221 g/mol. The highest BCUT2D eigenvalue weighted by atomic mass is 79.9. The zero-order valence-electron chi connectivity index (χ0n) is 5.27. The van der Waals surface area contributed by atoms with E-state index in [2.05, 4.69) is 15.9 Å². The second kappa shape index (κ2) is 3.09. The highest BCUT2D eigenvalue weighted by Crippen LogP contribution is 2.15. The van der Waals surface area contributed by atoms with Crippen LogP contribution in [0.3, 0.4) is 0 Å². The van der Waals surface area contributed by atoms with Crippen LogP contribution in [0.4, 0.5) is 8.78 Å². The molecule has 0 aliphatic carbocycles. The minimum absolute atomic E-state index is 0.472. The van der Waals surface area contributed by atoms with Crippen LogP contribution in [0.25, 0.3) is 0 Å². The summed E-state index contributed by atoms with van der Waals surface area (Å²) in [6.07, 6.45) is 0. The van der Waals surface area contributed by atoms with Crippen LogP contribution in [-0.4, -0.2) is 6.04 Å². The van der Waals surface area contributed by atoms with Crippen LogP contribution in [0.1, 0.15) is 10.4 Å². The molecule has 0 fully saturated rings. The SMILES string of the molecule is O=C(F)c1ccc(Br)cc1F. The first kappa shape index (κ1) is 8.33. The molecule has 0 radical (unpaired) electrons. The fourth-order valence-corrected chi connectivity index (χ4v) is 0.982. The Morgan fingerprint density at radius 3 is 2.55 bits per heavy atom. The molecule has 0 saturated carbocycles. The smallest absolute Gasteiger partial charge is 0.255 e. The molecule has 4 heteroatoms. The van der Waals surface area contributed by atoms with Gasteiger partial charge in [0.05, 0.1) is 5.56 Å². The van der Waals surface area contributed by atoms with E-state index in [0.29, 0.717) is 4.47 Å². The first-order chi connectivity index (χ1) is 5.11. The summed E-state index contributed by atoms with van der Waals surface area (Å²) in [5.74, 6) is -0.855. The van der Waals surface area contributed by atoms with Gasteiger partial charge in [0.1, 0.15) is 5.82 Å². The molecule has 58 valence electrons. The van der Waals surface area contributed by atoms with Crippen molar-refractivity contribution in [3.63, 3.8) is 0 Å². The molecule has 0 spiro atoms. The molecule has 0 atom stereocenters. The zero-order valence-corrected chi connectivity index (χ0v) is 6.86. The molecule has 0 aromatic heterocycles. The van der Waals surface area contributed by atoms with E-state index in [1.54, 1.807) is 0 Å². The molecule has 0 bridgehead atoms. The summed E-state index contributed by atoms with van der Waals surface area (Å²) in [5, 5.41) is 0. The number of halogens is 3. The number of benzene rings is 1. The fraction of sp³-hybridized carbons (Fsp3) is 0. The molecule has 0 unspecified atom stereocenters. The van der Waals surface area contributed by atoms with Crippen molar-refractivity contribution in [2.45, 2.75) is 0 Å². The van der Waals surface area contributed by atoms with Crippen molar-refractivity contribution in [2.75, 3.05) is 0 Å². The van der Waals surface area contributed by atoms with Crippen LogP contribution in [0.5, 0.6) is 0 Å². The van der Waals surface area contributed by atoms with Crippen molar-refractivity contribution in [3.05, 3.63) is 34.1 Å². The van der Waals surface area contributed by atoms with Gasteiger partial charge in [-0.3, -0.25) is 4.79 Å². The molecule has 0 amide bonds. The molecular weight excluding hydrogens is 218 g/mol. The summed E-state index contributed by atoms with van der Waals surface area (Å²) in [4.78, 5) is 10.1. The standard InChI is InChI=1S/C7H3BrF2O/c8-4-1-2-5(7(10)11)6(9)3-4/h1-3H. The van der Waals surface area contributed by atoms with E-state index < -0.39 is 17.4 Å². The molecule has 11 heavy (non-hydrogen) atoms. The van der Waals surface area contributed by atoms with Crippen LogP contribution in [-0.2, 0) is 0 Å². The largest absolute Gasteiger partial charge is 0.335 e. The van der Waals surface area contributed by atoms with Gasteiger partial charge < -0.3 is 0 Å². The van der Waals surface area contributed by atoms with Gasteiger partial charge in [-0.1, -0.05) is 15.9 Å². The van der Waals surface area contributed by atoms with E-state index in [9.17, 15) is 13.6 Å². The van der Waals surface area contributed by atoms with E-state index in [4.69, 9.17) is 0 Å². The summed E-state index contributed by atoms with van der Waals surface area (Å²) in [6.45, 7) is 0. The van der Waals surface area contributed by atoms with Gasteiger partial charge in [0.2, 0.25) is 0 Å². The van der Waals surface area contributed by atoms with E-state index in [0.717, 1.165) is 12.1 Å². The van der Waals surface area contributed by atoms with Crippen molar-refractivity contribution in [1.29, 1.82) is 0 Å². The maximum absolute atomic E-state index is 12.6. The number of hydrogen-bond acceptors (Lipinski definition) is 1. The lowest BCUT2D eigenvalue weighted by Gasteiger charge is -1.94. The van der Waals surface area contributed by atoms with Crippen LogP contribution in [0.15, 0.2) is 22.7 Å². The summed E-state index contributed by atoms with van der Waals surface area (Å²) < 4.78 is 25.0. The van der Waals surface area contributed by atoms with Crippen molar-refractivity contribution in [3.8, 4) is 0 Å². The number of rotatable bonds is 1.